The number of aliphatic hydroxyl groups excluding tert-OH is 1. The molecule has 0 aromatic heterocycles. The van der Waals surface area contributed by atoms with Gasteiger partial charge >= 0.3 is 0 Å². The maximum atomic E-state index is 9.49. The highest BCUT2D eigenvalue weighted by Gasteiger charge is 2.22. The topological polar surface area (TPSA) is 50.7 Å². The summed E-state index contributed by atoms with van der Waals surface area (Å²) < 4.78 is 10.5. The zero-order valence-electron chi connectivity index (χ0n) is 11.7. The molecule has 1 saturated carbocycles. The average molecular weight is 265 g/mol. The monoisotopic (exact) mass is 265 g/mol. The van der Waals surface area contributed by atoms with E-state index in [1.54, 1.807) is 14.2 Å². The first-order chi connectivity index (χ1) is 9.22. The Hall–Kier alpha value is -1.26. The Bertz CT molecular complexity index is 408. The molecule has 0 heterocycles. The van der Waals surface area contributed by atoms with Gasteiger partial charge in [-0.15, -0.1) is 0 Å². The van der Waals surface area contributed by atoms with Crippen LogP contribution in [-0.4, -0.2) is 32.0 Å². The van der Waals surface area contributed by atoms with E-state index < -0.39 is 0 Å². The number of ether oxygens (including phenoxy) is 2. The normalized spacial score (nSPS) is 22.5. The SMILES string of the molecule is COc1ccc(CNCC2CCC(O)C2)c(OC)c1. The lowest BCUT2D eigenvalue weighted by atomic mass is 10.1. The van der Waals surface area contributed by atoms with Crippen molar-refractivity contribution in [1.29, 1.82) is 0 Å². The van der Waals surface area contributed by atoms with Gasteiger partial charge in [-0.2, -0.15) is 0 Å². The van der Waals surface area contributed by atoms with Crippen molar-refractivity contribution in [1.82, 2.24) is 5.32 Å². The van der Waals surface area contributed by atoms with E-state index in [1.807, 2.05) is 18.2 Å². The molecule has 106 valence electrons. The molecule has 0 amide bonds. The first-order valence-corrected chi connectivity index (χ1v) is 6.82. The van der Waals surface area contributed by atoms with E-state index in [0.717, 1.165) is 49.4 Å². The Morgan fingerprint density at radius 1 is 1.26 bits per heavy atom. The third-order valence-corrected chi connectivity index (χ3v) is 3.76. The summed E-state index contributed by atoms with van der Waals surface area (Å²) in [5, 5.41) is 12.9. The second kappa shape index (κ2) is 6.78. The van der Waals surface area contributed by atoms with E-state index in [9.17, 15) is 5.11 Å². The molecule has 1 aliphatic carbocycles. The highest BCUT2D eigenvalue weighted by atomic mass is 16.5. The lowest BCUT2D eigenvalue weighted by Crippen LogP contribution is -2.21. The Morgan fingerprint density at radius 3 is 2.74 bits per heavy atom. The predicted molar refractivity (Wildman–Crippen MR) is 74.6 cm³/mol. The van der Waals surface area contributed by atoms with Gasteiger partial charge in [0, 0.05) is 18.2 Å². The largest absolute Gasteiger partial charge is 0.497 e. The number of rotatable bonds is 6. The molecule has 2 unspecified atom stereocenters. The molecule has 0 aliphatic heterocycles. The summed E-state index contributed by atoms with van der Waals surface area (Å²) in [6.07, 6.45) is 2.89. The van der Waals surface area contributed by atoms with E-state index in [1.165, 1.54) is 0 Å². The lowest BCUT2D eigenvalue weighted by Gasteiger charge is -2.13. The molecule has 19 heavy (non-hydrogen) atoms. The van der Waals surface area contributed by atoms with Crippen LogP contribution in [0.2, 0.25) is 0 Å². The number of hydrogen-bond donors (Lipinski definition) is 2. The van der Waals surface area contributed by atoms with Crippen LogP contribution in [0.4, 0.5) is 0 Å². The van der Waals surface area contributed by atoms with Crippen molar-refractivity contribution in [2.45, 2.75) is 31.9 Å². The maximum Gasteiger partial charge on any atom is 0.127 e. The summed E-state index contributed by atoms with van der Waals surface area (Å²) in [7, 11) is 3.32. The first kappa shape index (κ1) is 14.2. The lowest BCUT2D eigenvalue weighted by molar-refractivity contribution is 0.177. The quantitative estimate of drug-likeness (QED) is 0.825. The van der Waals surface area contributed by atoms with Gasteiger partial charge in [0.2, 0.25) is 0 Å². The molecule has 2 rings (SSSR count). The fourth-order valence-electron chi connectivity index (χ4n) is 2.64. The first-order valence-electron chi connectivity index (χ1n) is 6.82. The van der Waals surface area contributed by atoms with Gasteiger partial charge in [0.05, 0.1) is 20.3 Å². The molecule has 0 spiro atoms. The Kier molecular flexibility index (Phi) is 5.05. The summed E-state index contributed by atoms with van der Waals surface area (Å²) in [6, 6.07) is 5.86. The molecule has 0 radical (unpaired) electrons. The molecule has 1 aromatic carbocycles. The summed E-state index contributed by atoms with van der Waals surface area (Å²) in [4.78, 5) is 0. The van der Waals surface area contributed by atoms with Crippen LogP contribution in [0.5, 0.6) is 11.5 Å². The average Bonchev–Trinajstić information content (AvgIpc) is 2.84. The highest BCUT2D eigenvalue weighted by molar-refractivity contribution is 5.40. The molecular formula is C15H23NO3. The van der Waals surface area contributed by atoms with Gasteiger partial charge in [0.15, 0.2) is 0 Å². The zero-order valence-corrected chi connectivity index (χ0v) is 11.7. The van der Waals surface area contributed by atoms with Crippen molar-refractivity contribution < 1.29 is 14.6 Å². The van der Waals surface area contributed by atoms with Gasteiger partial charge in [0.25, 0.3) is 0 Å². The van der Waals surface area contributed by atoms with Crippen molar-refractivity contribution in [3.63, 3.8) is 0 Å². The third kappa shape index (κ3) is 3.85. The molecule has 1 aromatic rings. The number of methoxy groups -OCH3 is 2. The van der Waals surface area contributed by atoms with E-state index in [0.29, 0.717) is 5.92 Å². The Balaban J connectivity index is 1.85. The number of hydrogen-bond acceptors (Lipinski definition) is 4. The molecule has 0 saturated heterocycles. The molecule has 4 heteroatoms. The van der Waals surface area contributed by atoms with Crippen LogP contribution in [-0.2, 0) is 6.54 Å². The molecule has 1 aliphatic rings. The Morgan fingerprint density at radius 2 is 2.11 bits per heavy atom. The Labute approximate surface area is 114 Å². The minimum absolute atomic E-state index is 0.0951. The second-order valence-corrected chi connectivity index (χ2v) is 5.14. The van der Waals surface area contributed by atoms with Crippen molar-refractivity contribution >= 4 is 0 Å². The van der Waals surface area contributed by atoms with Crippen LogP contribution in [0.1, 0.15) is 24.8 Å². The van der Waals surface area contributed by atoms with Crippen LogP contribution in [0.15, 0.2) is 18.2 Å². The second-order valence-electron chi connectivity index (χ2n) is 5.14. The van der Waals surface area contributed by atoms with Gasteiger partial charge in [-0.25, -0.2) is 0 Å². The van der Waals surface area contributed by atoms with Gasteiger partial charge in [-0.1, -0.05) is 6.07 Å². The van der Waals surface area contributed by atoms with E-state index in [-0.39, 0.29) is 6.10 Å². The van der Waals surface area contributed by atoms with Gasteiger partial charge in [-0.3, -0.25) is 0 Å². The van der Waals surface area contributed by atoms with E-state index >= 15 is 0 Å². The summed E-state index contributed by atoms with van der Waals surface area (Å²) in [5.41, 5.74) is 1.13. The fraction of sp³-hybridized carbons (Fsp3) is 0.600. The zero-order chi connectivity index (χ0) is 13.7. The number of nitrogens with one attached hydrogen (secondary N) is 1. The van der Waals surface area contributed by atoms with E-state index in [2.05, 4.69) is 5.32 Å². The van der Waals surface area contributed by atoms with Crippen LogP contribution >= 0.6 is 0 Å². The van der Waals surface area contributed by atoms with Crippen LogP contribution in [0, 0.1) is 5.92 Å². The van der Waals surface area contributed by atoms with Crippen LogP contribution in [0.3, 0.4) is 0 Å². The summed E-state index contributed by atoms with van der Waals surface area (Å²) >= 11 is 0. The molecule has 4 nitrogen and oxygen atoms in total. The highest BCUT2D eigenvalue weighted by Crippen LogP contribution is 2.26. The van der Waals surface area contributed by atoms with Crippen LogP contribution in [0.25, 0.3) is 0 Å². The van der Waals surface area contributed by atoms with Gasteiger partial charge in [0.1, 0.15) is 11.5 Å². The van der Waals surface area contributed by atoms with Crippen molar-refractivity contribution in [3.8, 4) is 11.5 Å². The van der Waals surface area contributed by atoms with Crippen molar-refractivity contribution in [2.24, 2.45) is 5.92 Å². The summed E-state index contributed by atoms with van der Waals surface area (Å²) in [5.74, 6) is 2.25. The molecule has 2 N–H and O–H groups in total. The minimum atomic E-state index is -0.0951. The summed E-state index contributed by atoms with van der Waals surface area (Å²) in [6.45, 7) is 1.73. The molecular weight excluding hydrogens is 242 g/mol. The predicted octanol–water partition coefficient (Wildman–Crippen LogP) is 1.95. The van der Waals surface area contributed by atoms with Crippen molar-refractivity contribution in [3.05, 3.63) is 23.8 Å². The number of aliphatic hydroxyl groups is 1. The number of benzene rings is 1. The van der Waals surface area contributed by atoms with E-state index in [4.69, 9.17) is 9.47 Å². The van der Waals surface area contributed by atoms with Crippen LogP contribution < -0.4 is 14.8 Å². The molecule has 1 fully saturated rings. The third-order valence-electron chi connectivity index (χ3n) is 3.76. The maximum absolute atomic E-state index is 9.49. The van der Waals surface area contributed by atoms with Gasteiger partial charge < -0.3 is 19.9 Å². The minimum Gasteiger partial charge on any atom is -0.497 e. The van der Waals surface area contributed by atoms with Crippen molar-refractivity contribution in [2.75, 3.05) is 20.8 Å². The van der Waals surface area contributed by atoms with Gasteiger partial charge in [-0.05, 0) is 37.8 Å². The smallest absolute Gasteiger partial charge is 0.127 e. The standard InChI is InChI=1S/C15H23NO3/c1-18-14-6-4-12(15(8-14)19-2)10-16-9-11-3-5-13(17)7-11/h4,6,8,11,13,16-17H,3,5,7,9-10H2,1-2H3. The fourth-order valence-corrected chi connectivity index (χ4v) is 2.64. The molecule has 0 bridgehead atoms. The molecule has 2 atom stereocenters.